The molecule has 0 heteroatoms. The molecule has 21 heavy (non-hydrogen) atoms. The normalized spacial score (nSPS) is 18.4. The van der Waals surface area contributed by atoms with Crippen LogP contribution in [0, 0.1) is 11.8 Å². The predicted octanol–water partition coefficient (Wildman–Crippen LogP) is 6.27. The molecule has 1 aliphatic rings. The lowest BCUT2D eigenvalue weighted by molar-refractivity contribution is 0.622. The molecular formula is C21H28. The Morgan fingerprint density at radius 3 is 2.57 bits per heavy atom. The minimum absolute atomic E-state index is 1.03. The van der Waals surface area contributed by atoms with Gasteiger partial charge in [0.25, 0.3) is 0 Å². The lowest BCUT2D eigenvalue weighted by atomic mass is 10.0. The molecular weight excluding hydrogens is 252 g/mol. The fourth-order valence-electron chi connectivity index (χ4n) is 2.91. The van der Waals surface area contributed by atoms with E-state index in [4.69, 9.17) is 0 Å². The summed E-state index contributed by atoms with van der Waals surface area (Å²) in [5.41, 5.74) is 2.85. The van der Waals surface area contributed by atoms with Gasteiger partial charge in [-0.15, -0.1) is 0 Å². The van der Waals surface area contributed by atoms with E-state index in [1.54, 1.807) is 5.57 Å². The maximum atomic E-state index is 3.30. The molecule has 0 saturated heterocycles. The summed E-state index contributed by atoms with van der Waals surface area (Å²) in [6, 6.07) is 10.3. The molecule has 112 valence electrons. The van der Waals surface area contributed by atoms with Crippen LogP contribution in [0.4, 0.5) is 0 Å². The molecule has 1 aromatic carbocycles. The van der Waals surface area contributed by atoms with Gasteiger partial charge >= 0.3 is 0 Å². The largest absolute Gasteiger partial charge is 0.0979 e. The van der Waals surface area contributed by atoms with Crippen molar-refractivity contribution >= 4 is 0 Å². The molecule has 0 spiro atoms. The van der Waals surface area contributed by atoms with Gasteiger partial charge in [-0.1, -0.05) is 61.0 Å². The number of hydrogen-bond donors (Lipinski definition) is 0. The molecule has 0 unspecified atom stereocenters. The Bertz CT molecular complexity index is 470. The lowest BCUT2D eigenvalue weighted by Crippen LogP contribution is -1.86. The second-order valence-corrected chi connectivity index (χ2v) is 6.04. The Kier molecular flexibility index (Phi) is 7.78. The van der Waals surface area contributed by atoms with Gasteiger partial charge in [-0.2, -0.15) is 0 Å². The van der Waals surface area contributed by atoms with Gasteiger partial charge in [0.2, 0.25) is 0 Å². The molecule has 0 fully saturated rings. The van der Waals surface area contributed by atoms with Gasteiger partial charge in [-0.3, -0.25) is 0 Å². The first-order valence-electron chi connectivity index (χ1n) is 8.67. The summed E-state index contributed by atoms with van der Waals surface area (Å²) >= 11 is 0. The Hall–Kier alpha value is -1.48. The van der Waals surface area contributed by atoms with E-state index >= 15 is 0 Å². The molecule has 0 amide bonds. The summed E-state index contributed by atoms with van der Waals surface area (Å²) in [6.07, 6.45) is 17.1. The predicted molar refractivity (Wildman–Crippen MR) is 92.2 cm³/mol. The SMILES string of the molecule is C(#Cc1ccccc1)CCCC/C1=C/CCCCCCC1. The van der Waals surface area contributed by atoms with Gasteiger partial charge in [0, 0.05) is 12.0 Å². The van der Waals surface area contributed by atoms with Crippen molar-refractivity contribution in [3.63, 3.8) is 0 Å². The van der Waals surface area contributed by atoms with Gasteiger partial charge in [-0.05, 0) is 57.1 Å². The van der Waals surface area contributed by atoms with Crippen LogP contribution in [0.2, 0.25) is 0 Å². The van der Waals surface area contributed by atoms with E-state index in [0.717, 1.165) is 12.0 Å². The standard InChI is InChI=1S/C21H28/c1-2-4-9-15-20(14-8-3-1)16-10-5-6-11-17-21-18-12-7-13-19-21/h7,12-14,18-19H,1-6,8-10,15-16H2/b20-14+. The quantitative estimate of drug-likeness (QED) is 0.346. The van der Waals surface area contributed by atoms with Crippen molar-refractivity contribution in [3.8, 4) is 11.8 Å². The fraction of sp³-hybridized carbons (Fsp3) is 0.524. The van der Waals surface area contributed by atoms with E-state index in [0.29, 0.717) is 0 Å². The van der Waals surface area contributed by atoms with E-state index in [2.05, 4.69) is 30.0 Å². The molecule has 0 aliphatic heterocycles. The van der Waals surface area contributed by atoms with Gasteiger partial charge in [0.15, 0.2) is 0 Å². The smallest absolute Gasteiger partial charge is 0.0245 e. The van der Waals surface area contributed by atoms with Crippen LogP contribution >= 0.6 is 0 Å². The van der Waals surface area contributed by atoms with Gasteiger partial charge in [-0.25, -0.2) is 0 Å². The minimum atomic E-state index is 1.03. The number of rotatable bonds is 4. The van der Waals surface area contributed by atoms with Crippen LogP contribution < -0.4 is 0 Å². The van der Waals surface area contributed by atoms with Crippen LogP contribution in [0.3, 0.4) is 0 Å². The molecule has 0 atom stereocenters. The molecule has 0 heterocycles. The van der Waals surface area contributed by atoms with E-state index < -0.39 is 0 Å². The third-order valence-electron chi connectivity index (χ3n) is 4.19. The number of hydrogen-bond acceptors (Lipinski definition) is 0. The first kappa shape index (κ1) is 15.9. The fourth-order valence-corrected chi connectivity index (χ4v) is 2.91. The number of benzene rings is 1. The van der Waals surface area contributed by atoms with Crippen LogP contribution in [0.15, 0.2) is 42.0 Å². The first-order valence-corrected chi connectivity index (χ1v) is 8.67. The highest BCUT2D eigenvalue weighted by Crippen LogP contribution is 2.21. The average molecular weight is 280 g/mol. The van der Waals surface area contributed by atoms with Crippen LogP contribution in [0.5, 0.6) is 0 Å². The summed E-state index contributed by atoms with van der Waals surface area (Å²) in [7, 11) is 0. The summed E-state index contributed by atoms with van der Waals surface area (Å²) in [5, 5.41) is 0. The van der Waals surface area contributed by atoms with Gasteiger partial charge in [0.05, 0.1) is 0 Å². The first-order chi connectivity index (χ1) is 10.4. The van der Waals surface area contributed by atoms with E-state index in [9.17, 15) is 0 Å². The third kappa shape index (κ3) is 7.19. The highest BCUT2D eigenvalue weighted by Gasteiger charge is 2.01. The van der Waals surface area contributed by atoms with E-state index in [1.807, 2.05) is 18.2 Å². The Morgan fingerprint density at radius 1 is 0.857 bits per heavy atom. The topological polar surface area (TPSA) is 0 Å². The van der Waals surface area contributed by atoms with E-state index in [1.165, 1.54) is 64.2 Å². The van der Waals surface area contributed by atoms with Crippen LogP contribution in [0.1, 0.15) is 76.2 Å². The molecule has 0 nitrogen and oxygen atoms in total. The molecule has 2 rings (SSSR count). The molecule has 0 saturated carbocycles. The van der Waals surface area contributed by atoms with Crippen molar-refractivity contribution in [1.29, 1.82) is 0 Å². The van der Waals surface area contributed by atoms with Gasteiger partial charge in [0.1, 0.15) is 0 Å². The van der Waals surface area contributed by atoms with Gasteiger partial charge < -0.3 is 0 Å². The Balaban J connectivity index is 1.63. The molecule has 1 aliphatic carbocycles. The zero-order chi connectivity index (χ0) is 14.6. The lowest BCUT2D eigenvalue weighted by Gasteiger charge is -2.05. The summed E-state index contributed by atoms with van der Waals surface area (Å²) in [5.74, 6) is 6.55. The molecule has 1 aromatic rings. The monoisotopic (exact) mass is 280 g/mol. The molecule has 0 N–H and O–H groups in total. The zero-order valence-electron chi connectivity index (χ0n) is 13.2. The van der Waals surface area contributed by atoms with Crippen molar-refractivity contribution in [2.75, 3.05) is 0 Å². The maximum absolute atomic E-state index is 3.30. The minimum Gasteiger partial charge on any atom is -0.0979 e. The summed E-state index contributed by atoms with van der Waals surface area (Å²) < 4.78 is 0. The van der Waals surface area contributed by atoms with Crippen molar-refractivity contribution < 1.29 is 0 Å². The van der Waals surface area contributed by atoms with Crippen molar-refractivity contribution in [2.24, 2.45) is 0 Å². The Labute approximate surface area is 130 Å². The van der Waals surface area contributed by atoms with E-state index in [-0.39, 0.29) is 0 Å². The summed E-state index contributed by atoms with van der Waals surface area (Å²) in [4.78, 5) is 0. The third-order valence-corrected chi connectivity index (χ3v) is 4.19. The molecule has 0 aromatic heterocycles. The van der Waals surface area contributed by atoms with Crippen molar-refractivity contribution in [2.45, 2.75) is 70.6 Å². The number of unbranched alkanes of at least 4 members (excludes halogenated alkanes) is 2. The van der Waals surface area contributed by atoms with Crippen LogP contribution in [0.25, 0.3) is 0 Å². The zero-order valence-corrected chi connectivity index (χ0v) is 13.2. The number of allylic oxidation sites excluding steroid dienone is 2. The molecule has 0 radical (unpaired) electrons. The van der Waals surface area contributed by atoms with Crippen molar-refractivity contribution in [3.05, 3.63) is 47.5 Å². The Morgan fingerprint density at radius 2 is 1.67 bits per heavy atom. The van der Waals surface area contributed by atoms with Crippen LogP contribution in [-0.4, -0.2) is 0 Å². The van der Waals surface area contributed by atoms with Crippen LogP contribution in [-0.2, 0) is 0 Å². The summed E-state index contributed by atoms with van der Waals surface area (Å²) in [6.45, 7) is 0. The second kappa shape index (κ2) is 10.3. The maximum Gasteiger partial charge on any atom is 0.0245 e. The van der Waals surface area contributed by atoms with Crippen molar-refractivity contribution in [1.82, 2.24) is 0 Å². The second-order valence-electron chi connectivity index (χ2n) is 6.04. The molecule has 0 bridgehead atoms. The highest BCUT2D eigenvalue weighted by atomic mass is 14.1. The average Bonchev–Trinajstić information content (AvgIpc) is 2.65. The highest BCUT2D eigenvalue weighted by molar-refractivity contribution is 5.33.